The number of carbonyl (C=O) groups excluding carboxylic acids is 1. The smallest absolute Gasteiger partial charge is 0.251 e. The number of rotatable bonds is 5. The van der Waals surface area contributed by atoms with E-state index in [1.807, 2.05) is 0 Å². The average Bonchev–Trinajstić information content (AvgIpc) is 3.06. The fourth-order valence-corrected chi connectivity index (χ4v) is 1.84. The maximum absolute atomic E-state index is 13.0. The third-order valence-electron chi connectivity index (χ3n) is 2.95. The fourth-order valence-electron chi connectivity index (χ4n) is 1.84. The minimum Gasteiger partial charge on any atom is -0.399 e. The van der Waals surface area contributed by atoms with Gasteiger partial charge >= 0.3 is 0 Å². The first-order chi connectivity index (χ1) is 8.15. The molecule has 0 unspecified atom stereocenters. The number of halogens is 1. The Hall–Kier alpha value is -1.58. The van der Waals surface area contributed by atoms with Crippen LogP contribution in [0.1, 0.15) is 36.0 Å². The van der Waals surface area contributed by atoms with Crippen molar-refractivity contribution in [3.05, 3.63) is 29.6 Å². The molecule has 0 spiro atoms. The van der Waals surface area contributed by atoms with Crippen LogP contribution in [0.2, 0.25) is 0 Å². The van der Waals surface area contributed by atoms with Gasteiger partial charge in [0.15, 0.2) is 0 Å². The lowest BCUT2D eigenvalue weighted by atomic mass is 10.1. The quantitative estimate of drug-likeness (QED) is 0.609. The normalized spacial score (nSPS) is 14.6. The summed E-state index contributed by atoms with van der Waals surface area (Å²) >= 11 is 0. The van der Waals surface area contributed by atoms with Gasteiger partial charge in [0.2, 0.25) is 0 Å². The second-order valence-corrected chi connectivity index (χ2v) is 4.61. The minimum atomic E-state index is -0.479. The Labute approximate surface area is 100 Å². The topological polar surface area (TPSA) is 55.1 Å². The summed E-state index contributed by atoms with van der Waals surface area (Å²) in [6.07, 6.45) is 4.82. The number of hydrogen-bond donors (Lipinski definition) is 2. The van der Waals surface area contributed by atoms with Crippen LogP contribution in [0.25, 0.3) is 0 Å². The van der Waals surface area contributed by atoms with Crippen molar-refractivity contribution < 1.29 is 9.18 Å². The molecule has 1 saturated carbocycles. The number of amides is 1. The molecule has 17 heavy (non-hydrogen) atoms. The maximum atomic E-state index is 13.0. The van der Waals surface area contributed by atoms with E-state index < -0.39 is 5.82 Å². The molecule has 2 rings (SSSR count). The molecule has 1 aliphatic carbocycles. The molecule has 3 N–H and O–H groups in total. The van der Waals surface area contributed by atoms with Gasteiger partial charge in [-0.15, -0.1) is 0 Å². The molecule has 0 bridgehead atoms. The maximum Gasteiger partial charge on any atom is 0.251 e. The molecular weight excluding hydrogens is 219 g/mol. The Morgan fingerprint density at radius 2 is 2.18 bits per heavy atom. The Morgan fingerprint density at radius 3 is 2.82 bits per heavy atom. The molecule has 0 heterocycles. The van der Waals surface area contributed by atoms with Crippen molar-refractivity contribution in [2.24, 2.45) is 5.92 Å². The largest absolute Gasteiger partial charge is 0.399 e. The predicted octanol–water partition coefficient (Wildman–Crippen LogP) is 2.33. The summed E-state index contributed by atoms with van der Waals surface area (Å²) < 4.78 is 13.0. The fraction of sp³-hybridized carbons (Fsp3) is 0.462. The van der Waals surface area contributed by atoms with Crippen LogP contribution in [-0.2, 0) is 0 Å². The Morgan fingerprint density at radius 1 is 1.41 bits per heavy atom. The van der Waals surface area contributed by atoms with Crippen molar-refractivity contribution in [2.75, 3.05) is 12.3 Å². The van der Waals surface area contributed by atoms with E-state index in [4.69, 9.17) is 5.73 Å². The first-order valence-electron chi connectivity index (χ1n) is 5.99. The zero-order chi connectivity index (χ0) is 12.3. The number of nitrogens with one attached hydrogen (secondary N) is 1. The highest BCUT2D eigenvalue weighted by atomic mass is 19.1. The summed E-state index contributed by atoms with van der Waals surface area (Å²) in [5, 5.41) is 2.78. The summed E-state index contributed by atoms with van der Waals surface area (Å²) in [7, 11) is 0. The Kier molecular flexibility index (Phi) is 3.61. The van der Waals surface area contributed by atoms with Crippen LogP contribution in [0, 0.1) is 11.7 Å². The van der Waals surface area contributed by atoms with E-state index in [1.54, 1.807) is 0 Å². The van der Waals surface area contributed by atoms with E-state index in [-0.39, 0.29) is 17.2 Å². The van der Waals surface area contributed by atoms with Gasteiger partial charge in [0.1, 0.15) is 5.82 Å². The molecule has 4 heteroatoms. The van der Waals surface area contributed by atoms with E-state index in [2.05, 4.69) is 5.32 Å². The molecule has 1 amide bonds. The van der Waals surface area contributed by atoms with Gasteiger partial charge in [0.05, 0.1) is 0 Å². The van der Waals surface area contributed by atoms with Crippen LogP contribution in [0.5, 0.6) is 0 Å². The molecule has 1 fully saturated rings. The van der Waals surface area contributed by atoms with Crippen molar-refractivity contribution >= 4 is 11.6 Å². The van der Waals surface area contributed by atoms with Crippen molar-refractivity contribution in [1.82, 2.24) is 5.32 Å². The lowest BCUT2D eigenvalue weighted by molar-refractivity contribution is 0.0952. The summed E-state index contributed by atoms with van der Waals surface area (Å²) in [4.78, 5) is 11.7. The van der Waals surface area contributed by atoms with E-state index in [9.17, 15) is 9.18 Å². The van der Waals surface area contributed by atoms with E-state index in [1.165, 1.54) is 37.5 Å². The van der Waals surface area contributed by atoms with Gasteiger partial charge in [-0.25, -0.2) is 4.39 Å². The van der Waals surface area contributed by atoms with Crippen molar-refractivity contribution in [1.29, 1.82) is 0 Å². The molecule has 92 valence electrons. The van der Waals surface area contributed by atoms with Gasteiger partial charge in [-0.1, -0.05) is 12.8 Å². The van der Waals surface area contributed by atoms with E-state index >= 15 is 0 Å². The summed E-state index contributed by atoms with van der Waals surface area (Å²) in [5.41, 5.74) is 6.04. The molecule has 1 aromatic rings. The molecular formula is C13H17FN2O. The summed E-state index contributed by atoms with van der Waals surface area (Å²) in [6, 6.07) is 3.88. The SMILES string of the molecule is Nc1cc(F)cc(C(=O)NCCCC2CC2)c1. The third kappa shape index (κ3) is 3.73. The van der Waals surface area contributed by atoms with Gasteiger partial charge in [0.25, 0.3) is 5.91 Å². The summed E-state index contributed by atoms with van der Waals surface area (Å²) in [5.74, 6) is 0.136. The van der Waals surface area contributed by atoms with Crippen LogP contribution in [0.15, 0.2) is 18.2 Å². The van der Waals surface area contributed by atoms with Crippen LogP contribution < -0.4 is 11.1 Å². The van der Waals surface area contributed by atoms with Gasteiger partial charge in [-0.05, 0) is 37.0 Å². The van der Waals surface area contributed by atoms with Gasteiger partial charge in [-0.3, -0.25) is 4.79 Å². The van der Waals surface area contributed by atoms with Crippen molar-refractivity contribution in [3.63, 3.8) is 0 Å². The van der Waals surface area contributed by atoms with Gasteiger partial charge in [0, 0.05) is 17.8 Å². The highest BCUT2D eigenvalue weighted by Gasteiger charge is 2.20. The van der Waals surface area contributed by atoms with Gasteiger partial charge < -0.3 is 11.1 Å². The first-order valence-corrected chi connectivity index (χ1v) is 5.99. The van der Waals surface area contributed by atoms with Crippen molar-refractivity contribution in [3.8, 4) is 0 Å². The van der Waals surface area contributed by atoms with Gasteiger partial charge in [-0.2, -0.15) is 0 Å². The lowest BCUT2D eigenvalue weighted by Crippen LogP contribution is -2.24. The molecule has 0 aliphatic heterocycles. The second kappa shape index (κ2) is 5.17. The molecule has 3 nitrogen and oxygen atoms in total. The molecule has 0 saturated heterocycles. The summed E-state index contributed by atoms with van der Waals surface area (Å²) in [6.45, 7) is 0.645. The number of nitrogens with two attached hydrogens (primary N) is 1. The van der Waals surface area contributed by atoms with Crippen molar-refractivity contribution in [2.45, 2.75) is 25.7 Å². The van der Waals surface area contributed by atoms with E-state index in [0.29, 0.717) is 6.54 Å². The molecule has 0 aromatic heterocycles. The van der Waals surface area contributed by atoms with Crippen LogP contribution in [0.3, 0.4) is 0 Å². The monoisotopic (exact) mass is 236 g/mol. The minimum absolute atomic E-state index is 0.257. The number of carbonyl (C=O) groups is 1. The molecule has 1 aromatic carbocycles. The van der Waals surface area contributed by atoms with Crippen LogP contribution in [0.4, 0.5) is 10.1 Å². The number of benzene rings is 1. The standard InChI is InChI=1S/C13H17FN2O/c14-11-6-10(7-12(15)8-11)13(17)16-5-1-2-9-3-4-9/h6-9H,1-5,15H2,(H,16,17). The highest BCUT2D eigenvalue weighted by Crippen LogP contribution is 2.33. The van der Waals surface area contributed by atoms with E-state index in [0.717, 1.165) is 12.3 Å². The molecule has 0 radical (unpaired) electrons. The number of hydrogen-bond acceptors (Lipinski definition) is 2. The second-order valence-electron chi connectivity index (χ2n) is 4.61. The Bertz CT molecular complexity index is 396. The third-order valence-corrected chi connectivity index (χ3v) is 2.95. The van der Waals surface area contributed by atoms with Crippen LogP contribution >= 0.6 is 0 Å². The number of nitrogen functional groups attached to an aromatic ring is 1. The van der Waals surface area contributed by atoms with Crippen LogP contribution in [-0.4, -0.2) is 12.5 Å². The zero-order valence-electron chi connectivity index (χ0n) is 9.71. The first kappa shape index (κ1) is 11.9. The zero-order valence-corrected chi connectivity index (χ0v) is 9.71. The number of anilines is 1. The lowest BCUT2D eigenvalue weighted by Gasteiger charge is -2.05. The predicted molar refractivity (Wildman–Crippen MR) is 65.1 cm³/mol. The molecule has 0 atom stereocenters. The molecule has 1 aliphatic rings. The Balaban J connectivity index is 1.80. The average molecular weight is 236 g/mol. The highest BCUT2D eigenvalue weighted by molar-refractivity contribution is 5.95.